The van der Waals surface area contributed by atoms with Crippen LogP contribution in [-0.2, 0) is 21.2 Å². The topological polar surface area (TPSA) is 67.3 Å². The van der Waals surface area contributed by atoms with Crippen molar-refractivity contribution in [3.8, 4) is 0 Å². The first-order chi connectivity index (χ1) is 12.8. The zero-order valence-corrected chi connectivity index (χ0v) is 19.6. The number of piperidine rings is 1. The summed E-state index contributed by atoms with van der Waals surface area (Å²) in [5.74, 6) is 0.150. The van der Waals surface area contributed by atoms with Gasteiger partial charge in [-0.3, -0.25) is 4.79 Å². The molecule has 1 aliphatic heterocycles. The van der Waals surface area contributed by atoms with Gasteiger partial charge in [-0.15, -0.1) is 11.3 Å². The fourth-order valence-corrected chi connectivity index (χ4v) is 7.11. The van der Waals surface area contributed by atoms with Gasteiger partial charge in [0.2, 0.25) is 10.0 Å². The maximum Gasteiger partial charge on any atom is 0.243 e. The average Bonchev–Trinajstić information content (AvgIpc) is 3.04. The molecule has 1 aromatic heterocycles. The van der Waals surface area contributed by atoms with Gasteiger partial charge in [-0.25, -0.2) is 13.4 Å². The number of Topliss-reactive ketones (excluding diaryl/α,β-unsaturated/α-hetero) is 1. The largest absolute Gasteiger partial charge is 0.299 e. The van der Waals surface area contributed by atoms with Gasteiger partial charge in [0.1, 0.15) is 5.78 Å². The molecule has 0 atom stereocenters. The van der Waals surface area contributed by atoms with E-state index >= 15 is 0 Å². The lowest BCUT2D eigenvalue weighted by Gasteiger charge is -2.30. The summed E-state index contributed by atoms with van der Waals surface area (Å²) < 4.78 is 28.6. The van der Waals surface area contributed by atoms with Gasteiger partial charge in [0, 0.05) is 51.9 Å². The van der Waals surface area contributed by atoms with Crippen LogP contribution >= 0.6 is 43.2 Å². The summed E-state index contributed by atoms with van der Waals surface area (Å²) in [4.78, 5) is 17.1. The quantitative estimate of drug-likeness (QED) is 0.543. The number of hydrogen-bond donors (Lipinski definition) is 0. The van der Waals surface area contributed by atoms with Crippen molar-refractivity contribution in [3.05, 3.63) is 43.2 Å². The smallest absolute Gasteiger partial charge is 0.243 e. The molecule has 9 heteroatoms. The Hall–Kier alpha value is -0.610. The van der Waals surface area contributed by atoms with Crippen molar-refractivity contribution in [2.75, 3.05) is 13.1 Å². The molecule has 1 fully saturated rings. The molecule has 146 valence electrons. The Morgan fingerprint density at radius 3 is 2.41 bits per heavy atom. The Morgan fingerprint density at radius 2 is 1.85 bits per heavy atom. The van der Waals surface area contributed by atoms with E-state index in [1.54, 1.807) is 29.5 Å². The molecule has 0 unspecified atom stereocenters. The number of sulfonamides is 1. The number of aryl methyl sites for hydroxylation is 2. The van der Waals surface area contributed by atoms with Crippen LogP contribution in [0.2, 0.25) is 0 Å². The van der Waals surface area contributed by atoms with E-state index in [9.17, 15) is 13.2 Å². The molecule has 1 saturated heterocycles. The fourth-order valence-electron chi connectivity index (χ4n) is 3.20. The molecular weight excluding hydrogens is 516 g/mol. The van der Waals surface area contributed by atoms with Gasteiger partial charge >= 0.3 is 0 Å². The van der Waals surface area contributed by atoms with Crippen molar-refractivity contribution >= 4 is 59.0 Å². The Morgan fingerprint density at radius 1 is 1.22 bits per heavy atom. The summed E-state index contributed by atoms with van der Waals surface area (Å²) in [5.41, 5.74) is 0.986. The van der Waals surface area contributed by atoms with Crippen LogP contribution in [0.4, 0.5) is 0 Å². The number of carbonyl (C=O) groups excluding carboxylic acids is 1. The Bertz CT molecular complexity index is 916. The molecule has 0 N–H and O–H groups in total. The van der Waals surface area contributed by atoms with Crippen LogP contribution in [0, 0.1) is 12.8 Å². The normalized spacial score (nSPS) is 16.6. The van der Waals surface area contributed by atoms with Gasteiger partial charge in [0.05, 0.1) is 9.90 Å². The van der Waals surface area contributed by atoms with Crippen molar-refractivity contribution in [3.63, 3.8) is 0 Å². The van der Waals surface area contributed by atoms with Crippen LogP contribution in [0.3, 0.4) is 0 Å². The summed E-state index contributed by atoms with van der Waals surface area (Å²) in [7, 11) is -3.55. The molecule has 1 aromatic carbocycles. The predicted octanol–water partition coefficient (Wildman–Crippen LogP) is 4.58. The van der Waals surface area contributed by atoms with Crippen LogP contribution < -0.4 is 0 Å². The molecule has 0 saturated carbocycles. The van der Waals surface area contributed by atoms with Crippen molar-refractivity contribution in [2.24, 2.45) is 5.92 Å². The summed E-state index contributed by atoms with van der Waals surface area (Å²) in [5, 5.41) is 2.98. The van der Waals surface area contributed by atoms with E-state index in [-0.39, 0.29) is 16.6 Å². The SMILES string of the molecule is Cc1csc(CCC(=O)C2CCN(S(=O)(=O)c3cc(Br)cc(Br)c3)CC2)n1. The summed E-state index contributed by atoms with van der Waals surface area (Å²) in [6.45, 7) is 2.69. The van der Waals surface area contributed by atoms with Crippen LogP contribution in [0.15, 0.2) is 37.4 Å². The van der Waals surface area contributed by atoms with E-state index in [0.717, 1.165) is 10.7 Å². The highest BCUT2D eigenvalue weighted by atomic mass is 79.9. The van der Waals surface area contributed by atoms with Crippen molar-refractivity contribution < 1.29 is 13.2 Å². The highest BCUT2D eigenvalue weighted by Crippen LogP contribution is 2.29. The first-order valence-corrected chi connectivity index (χ1v) is 12.6. The second-order valence-electron chi connectivity index (χ2n) is 6.63. The van der Waals surface area contributed by atoms with Crippen molar-refractivity contribution in [1.82, 2.24) is 9.29 Å². The predicted molar refractivity (Wildman–Crippen MR) is 114 cm³/mol. The number of ketones is 1. The average molecular weight is 536 g/mol. The molecule has 0 aliphatic carbocycles. The maximum absolute atomic E-state index is 12.9. The van der Waals surface area contributed by atoms with Crippen LogP contribution in [0.1, 0.15) is 30.0 Å². The maximum atomic E-state index is 12.9. The Kier molecular flexibility index (Phi) is 6.89. The van der Waals surface area contributed by atoms with Crippen LogP contribution in [0.25, 0.3) is 0 Å². The van der Waals surface area contributed by atoms with E-state index in [1.807, 2.05) is 12.3 Å². The summed E-state index contributed by atoms with van der Waals surface area (Å²) >= 11 is 8.25. The summed E-state index contributed by atoms with van der Waals surface area (Å²) in [6.07, 6.45) is 2.29. The molecule has 0 spiro atoms. The first-order valence-electron chi connectivity index (χ1n) is 8.65. The Balaban J connectivity index is 1.58. The number of benzene rings is 1. The number of thiazole rings is 1. The fraction of sp³-hybridized carbons (Fsp3) is 0.444. The molecule has 3 rings (SSSR count). The molecule has 1 aliphatic rings. The van der Waals surface area contributed by atoms with E-state index in [1.165, 1.54) is 4.31 Å². The van der Waals surface area contributed by atoms with Crippen LogP contribution in [-0.4, -0.2) is 36.6 Å². The van der Waals surface area contributed by atoms with Gasteiger partial charge in [0.25, 0.3) is 0 Å². The minimum absolute atomic E-state index is 0.0632. The van der Waals surface area contributed by atoms with Gasteiger partial charge in [-0.2, -0.15) is 4.31 Å². The molecular formula is C18H20Br2N2O3S2. The van der Waals surface area contributed by atoms with Gasteiger partial charge < -0.3 is 0 Å². The minimum Gasteiger partial charge on any atom is -0.299 e. The zero-order chi connectivity index (χ0) is 19.6. The van der Waals surface area contributed by atoms with E-state index < -0.39 is 10.0 Å². The lowest BCUT2D eigenvalue weighted by atomic mass is 9.91. The number of hydrogen-bond acceptors (Lipinski definition) is 5. The molecule has 0 bridgehead atoms. The molecule has 0 radical (unpaired) electrons. The van der Waals surface area contributed by atoms with Gasteiger partial charge in [-0.1, -0.05) is 31.9 Å². The number of halogens is 2. The van der Waals surface area contributed by atoms with E-state index in [4.69, 9.17) is 0 Å². The lowest BCUT2D eigenvalue weighted by Crippen LogP contribution is -2.40. The van der Waals surface area contributed by atoms with Gasteiger partial charge in [-0.05, 0) is 38.0 Å². The molecule has 5 nitrogen and oxygen atoms in total. The standard InChI is InChI=1S/C18H20Br2N2O3S2/c1-12-11-26-18(21-12)3-2-17(23)13-4-6-22(7-5-13)27(24,25)16-9-14(19)8-15(20)10-16/h8-11,13H,2-7H2,1H3. The zero-order valence-electron chi connectivity index (χ0n) is 14.8. The first kappa shape index (κ1) is 21.1. The number of rotatable bonds is 6. The number of aromatic nitrogens is 1. The van der Waals surface area contributed by atoms with Crippen LogP contribution in [0.5, 0.6) is 0 Å². The third-order valence-corrected chi connectivity index (χ3v) is 8.45. The van der Waals surface area contributed by atoms with Crippen molar-refractivity contribution in [2.45, 2.75) is 37.5 Å². The molecule has 0 amide bonds. The Labute approximate surface area is 180 Å². The third kappa shape index (κ3) is 5.26. The lowest BCUT2D eigenvalue weighted by molar-refractivity contribution is -0.123. The van der Waals surface area contributed by atoms with Crippen molar-refractivity contribution in [1.29, 1.82) is 0 Å². The van der Waals surface area contributed by atoms with E-state index in [0.29, 0.717) is 47.7 Å². The third-order valence-electron chi connectivity index (χ3n) is 4.63. The second-order valence-corrected chi connectivity index (χ2v) is 11.3. The van der Waals surface area contributed by atoms with Gasteiger partial charge in [0.15, 0.2) is 0 Å². The highest BCUT2D eigenvalue weighted by Gasteiger charge is 2.32. The number of carbonyl (C=O) groups is 1. The monoisotopic (exact) mass is 534 g/mol. The molecule has 2 heterocycles. The number of nitrogens with zero attached hydrogens (tertiary/aromatic N) is 2. The second kappa shape index (κ2) is 8.82. The highest BCUT2D eigenvalue weighted by molar-refractivity contribution is 9.11. The molecule has 2 aromatic rings. The summed E-state index contributed by atoms with van der Waals surface area (Å²) in [6, 6.07) is 5.01. The minimum atomic E-state index is -3.55. The van der Waals surface area contributed by atoms with E-state index in [2.05, 4.69) is 36.8 Å². The molecule has 27 heavy (non-hydrogen) atoms.